The molecule has 0 aromatic heterocycles. The summed E-state index contributed by atoms with van der Waals surface area (Å²) in [5, 5.41) is 6.54. The highest BCUT2D eigenvalue weighted by molar-refractivity contribution is 14.0. The zero-order valence-corrected chi connectivity index (χ0v) is 20.9. The molecule has 0 unspecified atom stereocenters. The number of nitrogens with one attached hydrogen (secondary N) is 2. The molecule has 2 N–H and O–H groups in total. The smallest absolute Gasteiger partial charge is 0.225 e. The third-order valence-electron chi connectivity index (χ3n) is 6.06. The fourth-order valence-electron chi connectivity index (χ4n) is 4.28. The molecule has 0 bridgehead atoms. The topological polar surface area (TPSA) is 60.0 Å². The van der Waals surface area contributed by atoms with E-state index in [0.717, 1.165) is 58.1 Å². The third kappa shape index (κ3) is 8.21. The van der Waals surface area contributed by atoms with Crippen molar-refractivity contribution in [2.75, 3.05) is 52.4 Å². The number of hydrogen-bond acceptors (Lipinski definition) is 3. The summed E-state index contributed by atoms with van der Waals surface area (Å²) >= 11 is 0. The van der Waals surface area contributed by atoms with Crippen LogP contribution in [0.2, 0.25) is 0 Å². The lowest BCUT2D eigenvalue weighted by atomic mass is 10.1. The summed E-state index contributed by atoms with van der Waals surface area (Å²) in [6.07, 6.45) is 5.18. The lowest BCUT2D eigenvalue weighted by Gasteiger charge is -2.35. The highest BCUT2D eigenvalue weighted by atomic mass is 127. The van der Waals surface area contributed by atoms with Gasteiger partial charge in [-0.15, -0.1) is 24.0 Å². The first kappa shape index (κ1) is 25.8. The van der Waals surface area contributed by atoms with Gasteiger partial charge < -0.3 is 15.5 Å². The van der Waals surface area contributed by atoms with Crippen LogP contribution in [-0.2, 0) is 11.2 Å². The number of amides is 1. The van der Waals surface area contributed by atoms with Gasteiger partial charge in [0.1, 0.15) is 5.82 Å². The highest BCUT2D eigenvalue weighted by Gasteiger charge is 2.29. The summed E-state index contributed by atoms with van der Waals surface area (Å²) in [4.78, 5) is 21.6. The van der Waals surface area contributed by atoms with Crippen LogP contribution in [-0.4, -0.2) is 74.0 Å². The van der Waals surface area contributed by atoms with Crippen LogP contribution >= 0.6 is 24.0 Å². The van der Waals surface area contributed by atoms with Gasteiger partial charge in [0.15, 0.2) is 5.96 Å². The zero-order chi connectivity index (χ0) is 21.2. The Morgan fingerprint density at radius 1 is 1.13 bits per heavy atom. The Morgan fingerprint density at radius 2 is 1.84 bits per heavy atom. The van der Waals surface area contributed by atoms with Crippen molar-refractivity contribution in [3.8, 4) is 0 Å². The molecule has 1 amide bonds. The first-order chi connectivity index (χ1) is 14.7. The van der Waals surface area contributed by atoms with Crippen LogP contribution in [0.4, 0.5) is 4.39 Å². The monoisotopic (exact) mass is 545 g/mol. The summed E-state index contributed by atoms with van der Waals surface area (Å²) in [5.74, 6) is 1.26. The quantitative estimate of drug-likeness (QED) is 0.300. The molecule has 0 spiro atoms. The van der Waals surface area contributed by atoms with E-state index >= 15 is 0 Å². The van der Waals surface area contributed by atoms with Crippen molar-refractivity contribution in [2.24, 2.45) is 10.9 Å². The SMILES string of the molecule is CCNC(=NCCN1CCN(C(=O)C2CCCC2)CC1)NCCc1ccccc1F.I. The van der Waals surface area contributed by atoms with E-state index in [0.29, 0.717) is 31.0 Å². The van der Waals surface area contributed by atoms with Gasteiger partial charge in [0.2, 0.25) is 5.91 Å². The van der Waals surface area contributed by atoms with Gasteiger partial charge in [0.25, 0.3) is 0 Å². The molecule has 0 atom stereocenters. The van der Waals surface area contributed by atoms with Crippen LogP contribution < -0.4 is 10.6 Å². The number of carbonyl (C=O) groups excluding carboxylic acids is 1. The molecule has 2 fully saturated rings. The molecular formula is C23H37FIN5O. The number of carbonyl (C=O) groups is 1. The molecule has 174 valence electrons. The Kier molecular flexibility index (Phi) is 11.6. The van der Waals surface area contributed by atoms with Crippen molar-refractivity contribution in [1.29, 1.82) is 0 Å². The number of benzene rings is 1. The zero-order valence-electron chi connectivity index (χ0n) is 18.6. The number of aliphatic imine (C=N–C) groups is 1. The van der Waals surface area contributed by atoms with Gasteiger partial charge in [0.05, 0.1) is 6.54 Å². The minimum absolute atomic E-state index is 0. The lowest BCUT2D eigenvalue weighted by molar-refractivity contribution is -0.137. The normalized spacial score (nSPS) is 18.0. The summed E-state index contributed by atoms with van der Waals surface area (Å²) < 4.78 is 13.7. The second-order valence-electron chi connectivity index (χ2n) is 8.18. The molecule has 1 heterocycles. The molecule has 6 nitrogen and oxygen atoms in total. The van der Waals surface area contributed by atoms with Gasteiger partial charge in [-0.25, -0.2) is 4.39 Å². The average molecular weight is 545 g/mol. The fourth-order valence-corrected chi connectivity index (χ4v) is 4.28. The highest BCUT2D eigenvalue weighted by Crippen LogP contribution is 2.26. The maximum atomic E-state index is 13.7. The van der Waals surface area contributed by atoms with E-state index in [1.165, 1.54) is 18.9 Å². The van der Waals surface area contributed by atoms with E-state index in [-0.39, 0.29) is 35.7 Å². The van der Waals surface area contributed by atoms with Crippen molar-refractivity contribution in [3.05, 3.63) is 35.6 Å². The molecule has 1 saturated heterocycles. The first-order valence-corrected chi connectivity index (χ1v) is 11.4. The fraction of sp³-hybridized carbons (Fsp3) is 0.652. The van der Waals surface area contributed by atoms with Crippen molar-refractivity contribution in [1.82, 2.24) is 20.4 Å². The van der Waals surface area contributed by atoms with Gasteiger partial charge in [-0.3, -0.25) is 14.7 Å². The molecule has 0 radical (unpaired) electrons. The molecule has 1 aromatic carbocycles. The number of halogens is 2. The molecule has 1 aromatic rings. The maximum Gasteiger partial charge on any atom is 0.225 e. The molecule has 3 rings (SSSR count). The van der Waals surface area contributed by atoms with Crippen molar-refractivity contribution >= 4 is 35.8 Å². The van der Waals surface area contributed by atoms with Gasteiger partial charge >= 0.3 is 0 Å². The first-order valence-electron chi connectivity index (χ1n) is 11.4. The van der Waals surface area contributed by atoms with Crippen molar-refractivity contribution in [2.45, 2.75) is 39.0 Å². The number of nitrogens with zero attached hydrogens (tertiary/aromatic N) is 3. The van der Waals surface area contributed by atoms with E-state index < -0.39 is 0 Å². The second-order valence-corrected chi connectivity index (χ2v) is 8.18. The number of rotatable bonds is 8. The van der Waals surface area contributed by atoms with Crippen LogP contribution in [0, 0.1) is 11.7 Å². The number of guanidine groups is 1. The summed E-state index contributed by atoms with van der Waals surface area (Å²) in [7, 11) is 0. The van der Waals surface area contributed by atoms with Crippen LogP contribution in [0.15, 0.2) is 29.3 Å². The van der Waals surface area contributed by atoms with E-state index in [1.54, 1.807) is 6.07 Å². The minimum Gasteiger partial charge on any atom is -0.357 e. The lowest BCUT2D eigenvalue weighted by Crippen LogP contribution is -2.50. The molecular weight excluding hydrogens is 508 g/mol. The Balaban J connectivity index is 0.00000341. The summed E-state index contributed by atoms with van der Waals surface area (Å²) in [6.45, 7) is 8.55. The predicted octanol–water partition coefficient (Wildman–Crippen LogP) is 2.88. The van der Waals surface area contributed by atoms with Crippen LogP contribution in [0.1, 0.15) is 38.2 Å². The molecule has 8 heteroatoms. The largest absolute Gasteiger partial charge is 0.357 e. The maximum absolute atomic E-state index is 13.7. The van der Waals surface area contributed by atoms with Crippen molar-refractivity contribution in [3.63, 3.8) is 0 Å². The Morgan fingerprint density at radius 3 is 2.52 bits per heavy atom. The predicted molar refractivity (Wildman–Crippen MR) is 134 cm³/mol. The Bertz CT molecular complexity index is 703. The van der Waals surface area contributed by atoms with Crippen LogP contribution in [0.3, 0.4) is 0 Å². The second kappa shape index (κ2) is 13.9. The molecule has 1 saturated carbocycles. The number of piperazine rings is 1. The Hall–Kier alpha value is -1.42. The van der Waals surface area contributed by atoms with Crippen LogP contribution in [0.25, 0.3) is 0 Å². The third-order valence-corrected chi connectivity index (χ3v) is 6.06. The van der Waals surface area contributed by atoms with E-state index in [4.69, 9.17) is 0 Å². The van der Waals surface area contributed by atoms with Gasteiger partial charge in [-0.1, -0.05) is 31.0 Å². The molecule has 1 aliphatic carbocycles. The van der Waals surface area contributed by atoms with E-state index in [9.17, 15) is 9.18 Å². The van der Waals surface area contributed by atoms with Crippen LogP contribution in [0.5, 0.6) is 0 Å². The summed E-state index contributed by atoms with van der Waals surface area (Å²) in [6, 6.07) is 6.88. The van der Waals surface area contributed by atoms with E-state index in [2.05, 4.69) is 25.4 Å². The van der Waals surface area contributed by atoms with Crippen molar-refractivity contribution < 1.29 is 9.18 Å². The standard InChI is InChI=1S/C23H36FN5O.HI/c1-2-25-23(26-12-11-19-7-5-6-10-21(19)24)27-13-14-28-15-17-29(18-16-28)22(30)20-8-3-4-9-20;/h5-7,10,20H,2-4,8-9,11-18H2,1H3,(H2,25,26,27);1H. The van der Waals surface area contributed by atoms with E-state index in [1.807, 2.05) is 19.1 Å². The molecule has 1 aliphatic heterocycles. The summed E-state index contributed by atoms with van der Waals surface area (Å²) in [5.41, 5.74) is 0.714. The Labute approximate surface area is 203 Å². The van der Waals surface area contributed by atoms with Gasteiger partial charge in [0, 0.05) is 51.7 Å². The molecule has 2 aliphatic rings. The molecule has 31 heavy (non-hydrogen) atoms. The van der Waals surface area contributed by atoms with Gasteiger partial charge in [-0.2, -0.15) is 0 Å². The minimum atomic E-state index is -0.160. The average Bonchev–Trinajstić information content (AvgIpc) is 3.30. The van der Waals surface area contributed by atoms with Gasteiger partial charge in [-0.05, 0) is 37.8 Å². The number of hydrogen-bond donors (Lipinski definition) is 2.